The Kier molecular flexibility index (Phi) is 6.80. The van der Waals surface area contributed by atoms with E-state index < -0.39 is 10.0 Å². The van der Waals surface area contributed by atoms with Crippen LogP contribution in [0.2, 0.25) is 0 Å². The van der Waals surface area contributed by atoms with Gasteiger partial charge in [-0.15, -0.1) is 0 Å². The van der Waals surface area contributed by atoms with Crippen LogP contribution in [0.3, 0.4) is 0 Å². The van der Waals surface area contributed by atoms with E-state index >= 15 is 0 Å². The summed E-state index contributed by atoms with van der Waals surface area (Å²) in [5.41, 5.74) is 2.37. The maximum atomic E-state index is 13.2. The van der Waals surface area contributed by atoms with Crippen LogP contribution in [0.25, 0.3) is 22.3 Å². The Morgan fingerprint density at radius 1 is 0.816 bits per heavy atom. The van der Waals surface area contributed by atoms with Gasteiger partial charge >= 0.3 is 0 Å². The van der Waals surface area contributed by atoms with E-state index in [2.05, 4.69) is 19.7 Å². The van der Waals surface area contributed by atoms with Crippen molar-refractivity contribution in [2.24, 2.45) is 0 Å². The number of hydrogen-bond donors (Lipinski definition) is 1. The lowest BCUT2D eigenvalue weighted by Crippen LogP contribution is -2.14. The minimum Gasteiger partial charge on any atom is -0.489 e. The summed E-state index contributed by atoms with van der Waals surface area (Å²) >= 11 is 0. The highest BCUT2D eigenvalue weighted by Crippen LogP contribution is 2.43. The van der Waals surface area contributed by atoms with Crippen molar-refractivity contribution in [2.75, 3.05) is 18.9 Å². The molecule has 0 saturated heterocycles. The Labute approximate surface area is 220 Å². The molecular weight excluding hydrogens is 504 g/mol. The van der Waals surface area contributed by atoms with E-state index in [-0.39, 0.29) is 4.90 Å². The number of para-hydroxylation sites is 1. The summed E-state index contributed by atoms with van der Waals surface area (Å²) in [6, 6.07) is 20.7. The van der Waals surface area contributed by atoms with Gasteiger partial charge in [0.15, 0.2) is 11.6 Å². The zero-order chi connectivity index (χ0) is 26.7. The summed E-state index contributed by atoms with van der Waals surface area (Å²) < 4.78 is 46.2. The van der Waals surface area contributed by atoms with Crippen molar-refractivity contribution < 1.29 is 22.6 Å². The van der Waals surface area contributed by atoms with Crippen LogP contribution < -0.4 is 18.9 Å². The molecular formula is C28H24N4O5S. The molecule has 5 rings (SSSR count). The predicted octanol–water partition coefficient (Wildman–Crippen LogP) is 5.61. The Morgan fingerprint density at radius 3 is 2.34 bits per heavy atom. The van der Waals surface area contributed by atoms with Crippen LogP contribution in [-0.2, 0) is 10.0 Å². The van der Waals surface area contributed by atoms with Crippen molar-refractivity contribution in [3.05, 3.63) is 90.8 Å². The summed E-state index contributed by atoms with van der Waals surface area (Å²) in [7, 11) is -0.850. The lowest BCUT2D eigenvalue weighted by Gasteiger charge is -2.17. The topological polar surface area (TPSA) is 113 Å². The molecule has 0 saturated carbocycles. The van der Waals surface area contributed by atoms with Gasteiger partial charge in [-0.05, 0) is 61.0 Å². The first kappa shape index (κ1) is 25.0. The number of aryl methyl sites for hydroxylation is 1. The van der Waals surface area contributed by atoms with Gasteiger partial charge in [-0.1, -0.05) is 24.3 Å². The molecule has 0 bridgehead atoms. The van der Waals surface area contributed by atoms with Crippen molar-refractivity contribution in [3.63, 3.8) is 0 Å². The van der Waals surface area contributed by atoms with Crippen LogP contribution in [0.15, 0.2) is 90.1 Å². The summed E-state index contributed by atoms with van der Waals surface area (Å²) in [6.07, 6.45) is 3.21. The van der Waals surface area contributed by atoms with Crippen LogP contribution in [0.1, 0.15) is 5.56 Å². The lowest BCUT2D eigenvalue weighted by molar-refractivity contribution is 0.329. The van der Waals surface area contributed by atoms with Gasteiger partial charge < -0.3 is 14.2 Å². The fourth-order valence-electron chi connectivity index (χ4n) is 3.95. The van der Waals surface area contributed by atoms with Gasteiger partial charge in [0.2, 0.25) is 5.75 Å². The van der Waals surface area contributed by atoms with E-state index in [1.165, 1.54) is 20.3 Å². The quantitative estimate of drug-likeness (QED) is 0.277. The molecule has 0 aliphatic heterocycles. The van der Waals surface area contributed by atoms with Gasteiger partial charge in [0.25, 0.3) is 15.9 Å². The highest BCUT2D eigenvalue weighted by molar-refractivity contribution is 7.92. The SMILES string of the molecule is COc1nc2ccccc2c(Oc2ccc(NS(=O)(=O)c3cccc(-c4ncccn4)c3)c(C)c2)c1OC. The molecule has 0 fully saturated rings. The number of nitrogens with zero attached hydrogens (tertiary/aromatic N) is 3. The molecule has 5 aromatic rings. The molecule has 10 heteroatoms. The zero-order valence-corrected chi connectivity index (χ0v) is 21.7. The fraction of sp³-hybridized carbons (Fsp3) is 0.107. The molecule has 1 N–H and O–H groups in total. The van der Waals surface area contributed by atoms with Crippen LogP contribution in [-0.4, -0.2) is 37.6 Å². The fourth-order valence-corrected chi connectivity index (χ4v) is 5.12. The number of fused-ring (bicyclic) bond motifs is 1. The Balaban J connectivity index is 1.44. The first-order valence-electron chi connectivity index (χ1n) is 11.6. The number of aromatic nitrogens is 3. The average molecular weight is 529 g/mol. The number of hydrogen-bond acceptors (Lipinski definition) is 8. The van der Waals surface area contributed by atoms with Gasteiger partial charge in [0.1, 0.15) is 5.75 Å². The minimum absolute atomic E-state index is 0.0993. The third-order valence-electron chi connectivity index (χ3n) is 5.80. The Morgan fingerprint density at radius 2 is 1.61 bits per heavy atom. The molecule has 192 valence electrons. The van der Waals surface area contributed by atoms with Gasteiger partial charge in [0, 0.05) is 23.3 Å². The molecule has 0 radical (unpaired) electrons. The summed E-state index contributed by atoms with van der Waals surface area (Å²) in [4.78, 5) is 13.0. The Bertz CT molecular complexity index is 1730. The van der Waals surface area contributed by atoms with E-state index in [1.807, 2.05) is 24.3 Å². The molecule has 0 unspecified atom stereocenters. The molecule has 9 nitrogen and oxygen atoms in total. The van der Waals surface area contributed by atoms with E-state index in [1.54, 1.807) is 61.8 Å². The van der Waals surface area contributed by atoms with Crippen molar-refractivity contribution in [2.45, 2.75) is 11.8 Å². The number of sulfonamides is 1. The van der Waals surface area contributed by atoms with Gasteiger partial charge in [0.05, 0.1) is 30.3 Å². The second-order valence-electron chi connectivity index (χ2n) is 8.29. The molecule has 2 aromatic heterocycles. The highest BCUT2D eigenvalue weighted by Gasteiger charge is 2.20. The number of benzene rings is 3. The molecule has 38 heavy (non-hydrogen) atoms. The summed E-state index contributed by atoms with van der Waals surface area (Å²) in [5, 5.41) is 0.745. The monoisotopic (exact) mass is 528 g/mol. The van der Waals surface area contributed by atoms with Crippen molar-refractivity contribution in [1.82, 2.24) is 15.0 Å². The number of nitrogens with one attached hydrogen (secondary N) is 1. The third-order valence-corrected chi connectivity index (χ3v) is 7.16. The van der Waals surface area contributed by atoms with Crippen LogP contribution in [0.5, 0.6) is 23.1 Å². The molecule has 3 aromatic carbocycles. The van der Waals surface area contributed by atoms with Crippen molar-refractivity contribution in [1.29, 1.82) is 0 Å². The zero-order valence-electron chi connectivity index (χ0n) is 20.9. The largest absolute Gasteiger partial charge is 0.489 e. The average Bonchev–Trinajstić information content (AvgIpc) is 2.94. The minimum atomic E-state index is -3.88. The first-order chi connectivity index (χ1) is 18.4. The van der Waals surface area contributed by atoms with Crippen molar-refractivity contribution >= 4 is 26.6 Å². The maximum absolute atomic E-state index is 13.2. The molecule has 2 heterocycles. The molecule has 0 aliphatic rings. The van der Waals surface area contributed by atoms with Crippen LogP contribution >= 0.6 is 0 Å². The summed E-state index contributed by atoms with van der Waals surface area (Å²) in [6.45, 7) is 1.79. The van der Waals surface area contributed by atoms with Crippen LogP contribution in [0, 0.1) is 6.92 Å². The van der Waals surface area contributed by atoms with E-state index in [4.69, 9.17) is 14.2 Å². The maximum Gasteiger partial charge on any atom is 0.261 e. The van der Waals surface area contributed by atoms with Crippen LogP contribution in [0.4, 0.5) is 5.69 Å². The highest BCUT2D eigenvalue weighted by atomic mass is 32.2. The molecule has 0 amide bonds. The lowest BCUT2D eigenvalue weighted by atomic mass is 10.1. The van der Waals surface area contributed by atoms with E-state index in [9.17, 15) is 8.42 Å². The number of rotatable bonds is 8. The summed E-state index contributed by atoms with van der Waals surface area (Å²) in [5.74, 6) is 2.03. The standard InChI is InChI=1S/C28H24N4O5S/c1-18-16-20(37-25-22-10-4-5-11-24(22)31-28(36-3)26(25)35-2)12-13-23(18)32-38(33,34)21-9-6-8-19(17-21)27-29-14-7-15-30-27/h4-17,32H,1-3H3. The number of ether oxygens (including phenoxy) is 3. The van der Waals surface area contributed by atoms with Gasteiger partial charge in [-0.3, -0.25) is 4.72 Å². The smallest absolute Gasteiger partial charge is 0.261 e. The van der Waals surface area contributed by atoms with Gasteiger partial charge in [-0.2, -0.15) is 0 Å². The van der Waals surface area contributed by atoms with Crippen molar-refractivity contribution in [3.8, 4) is 34.5 Å². The second kappa shape index (κ2) is 10.3. The van der Waals surface area contributed by atoms with E-state index in [0.29, 0.717) is 51.3 Å². The van der Waals surface area contributed by atoms with E-state index in [0.717, 1.165) is 5.39 Å². The number of anilines is 1. The first-order valence-corrected chi connectivity index (χ1v) is 13.1. The number of methoxy groups -OCH3 is 2. The third kappa shape index (κ3) is 4.94. The Hall–Kier alpha value is -4.70. The van der Waals surface area contributed by atoms with Gasteiger partial charge in [-0.25, -0.2) is 23.4 Å². The second-order valence-corrected chi connectivity index (χ2v) is 9.97. The molecule has 0 spiro atoms. The number of pyridine rings is 1. The molecule has 0 atom stereocenters. The normalized spacial score (nSPS) is 11.2. The molecule has 0 aliphatic carbocycles. The predicted molar refractivity (Wildman–Crippen MR) is 144 cm³/mol.